The van der Waals surface area contributed by atoms with E-state index in [1.165, 1.54) is 0 Å². The highest BCUT2D eigenvalue weighted by molar-refractivity contribution is 5.89. The molecule has 1 rings (SSSR count). The van der Waals surface area contributed by atoms with Gasteiger partial charge in [0.25, 0.3) is 0 Å². The van der Waals surface area contributed by atoms with Gasteiger partial charge in [-0.05, 0) is 18.6 Å². The Morgan fingerprint density at radius 3 is 2.47 bits per heavy atom. The monoisotopic (exact) mass is 238 g/mol. The molecule has 1 aromatic carbocycles. The molecule has 0 aliphatic heterocycles. The van der Waals surface area contributed by atoms with Crippen molar-refractivity contribution in [3.8, 4) is 0 Å². The van der Waals surface area contributed by atoms with Gasteiger partial charge in [-0.1, -0.05) is 31.5 Å². The molecule has 0 spiro atoms. The van der Waals surface area contributed by atoms with E-state index in [1.54, 1.807) is 24.3 Å². The standard InChI is InChI=1S/C13H18O4/c1-2-3-9-16-17-11-10-15-13(14)12-7-5-4-6-8-12/h4-8H,2-3,9-11H2,1H3. The zero-order chi connectivity index (χ0) is 12.3. The van der Waals surface area contributed by atoms with Gasteiger partial charge in [-0.3, -0.25) is 0 Å². The lowest BCUT2D eigenvalue weighted by atomic mass is 10.2. The summed E-state index contributed by atoms with van der Waals surface area (Å²) in [5.41, 5.74) is 0.541. The van der Waals surface area contributed by atoms with Crippen LogP contribution in [0.5, 0.6) is 0 Å². The predicted octanol–water partition coefficient (Wildman–Crippen LogP) is 2.59. The Morgan fingerprint density at radius 1 is 1.06 bits per heavy atom. The van der Waals surface area contributed by atoms with Crippen molar-refractivity contribution in [1.29, 1.82) is 0 Å². The number of benzene rings is 1. The number of hydrogen-bond acceptors (Lipinski definition) is 4. The maximum absolute atomic E-state index is 11.5. The normalized spacial score (nSPS) is 10.2. The third kappa shape index (κ3) is 6.04. The SMILES string of the molecule is CCCCOOCCOC(=O)c1ccccc1. The number of ether oxygens (including phenoxy) is 1. The van der Waals surface area contributed by atoms with E-state index in [1.807, 2.05) is 6.07 Å². The van der Waals surface area contributed by atoms with E-state index < -0.39 is 0 Å². The van der Waals surface area contributed by atoms with E-state index in [0.717, 1.165) is 12.8 Å². The van der Waals surface area contributed by atoms with Crippen molar-refractivity contribution in [3.05, 3.63) is 35.9 Å². The first-order valence-electron chi connectivity index (χ1n) is 5.81. The van der Waals surface area contributed by atoms with E-state index in [-0.39, 0.29) is 19.2 Å². The largest absolute Gasteiger partial charge is 0.460 e. The molecule has 4 heteroatoms. The van der Waals surface area contributed by atoms with Gasteiger partial charge in [-0.25, -0.2) is 14.6 Å². The molecule has 0 saturated heterocycles. The minimum atomic E-state index is -0.345. The van der Waals surface area contributed by atoms with Gasteiger partial charge in [0.15, 0.2) is 0 Å². The molecule has 0 atom stereocenters. The number of carbonyl (C=O) groups excluding carboxylic acids is 1. The molecule has 0 aliphatic carbocycles. The summed E-state index contributed by atoms with van der Waals surface area (Å²) in [6.07, 6.45) is 2.02. The molecule has 94 valence electrons. The van der Waals surface area contributed by atoms with Crippen LogP contribution >= 0.6 is 0 Å². The van der Waals surface area contributed by atoms with Gasteiger partial charge in [0.1, 0.15) is 13.2 Å². The number of hydrogen-bond donors (Lipinski definition) is 0. The Hall–Kier alpha value is -1.39. The van der Waals surface area contributed by atoms with Crippen molar-refractivity contribution in [2.75, 3.05) is 19.8 Å². The van der Waals surface area contributed by atoms with E-state index >= 15 is 0 Å². The van der Waals surface area contributed by atoms with Gasteiger partial charge in [0.2, 0.25) is 0 Å². The van der Waals surface area contributed by atoms with Gasteiger partial charge >= 0.3 is 5.97 Å². The third-order valence-corrected chi connectivity index (χ3v) is 2.07. The van der Waals surface area contributed by atoms with Crippen LogP contribution in [0.15, 0.2) is 30.3 Å². The van der Waals surface area contributed by atoms with Gasteiger partial charge in [0, 0.05) is 0 Å². The molecule has 0 bridgehead atoms. The molecule has 0 saturated carbocycles. The average Bonchev–Trinajstić information content (AvgIpc) is 2.38. The maximum atomic E-state index is 11.5. The molecule has 0 radical (unpaired) electrons. The first-order chi connectivity index (χ1) is 8.34. The summed E-state index contributed by atoms with van der Waals surface area (Å²) in [6.45, 7) is 3.09. The highest BCUT2D eigenvalue weighted by Gasteiger charge is 2.04. The minimum absolute atomic E-state index is 0.194. The molecular formula is C13H18O4. The van der Waals surface area contributed by atoms with Crippen LogP contribution in [0, 0.1) is 0 Å². The molecule has 0 aromatic heterocycles. The minimum Gasteiger partial charge on any atom is -0.460 e. The molecule has 0 aliphatic rings. The van der Waals surface area contributed by atoms with Gasteiger partial charge in [-0.15, -0.1) is 0 Å². The second-order valence-electron chi connectivity index (χ2n) is 3.50. The fraction of sp³-hybridized carbons (Fsp3) is 0.462. The molecule has 17 heavy (non-hydrogen) atoms. The second kappa shape index (κ2) is 8.73. The average molecular weight is 238 g/mol. The smallest absolute Gasteiger partial charge is 0.338 e. The zero-order valence-corrected chi connectivity index (χ0v) is 10.1. The van der Waals surface area contributed by atoms with Gasteiger partial charge in [0.05, 0.1) is 12.2 Å². The first-order valence-corrected chi connectivity index (χ1v) is 5.81. The Labute approximate surface area is 101 Å². The number of carbonyl (C=O) groups is 1. The van der Waals surface area contributed by atoms with Gasteiger partial charge < -0.3 is 4.74 Å². The second-order valence-corrected chi connectivity index (χ2v) is 3.50. The number of unbranched alkanes of at least 4 members (excludes halogenated alkanes) is 1. The highest BCUT2D eigenvalue weighted by Crippen LogP contribution is 2.00. The highest BCUT2D eigenvalue weighted by atomic mass is 17.2. The molecule has 4 nitrogen and oxygen atoms in total. The van der Waals surface area contributed by atoms with Crippen molar-refractivity contribution >= 4 is 5.97 Å². The summed E-state index contributed by atoms with van der Waals surface area (Å²) >= 11 is 0. The summed E-state index contributed by atoms with van der Waals surface area (Å²) in [4.78, 5) is 21.2. The van der Waals surface area contributed by atoms with Crippen LogP contribution in [0.3, 0.4) is 0 Å². The first kappa shape index (κ1) is 13.7. The summed E-state index contributed by atoms with van der Waals surface area (Å²) in [7, 11) is 0. The predicted molar refractivity (Wildman–Crippen MR) is 63.5 cm³/mol. The van der Waals surface area contributed by atoms with E-state index in [2.05, 4.69) is 6.92 Å². The summed E-state index contributed by atoms with van der Waals surface area (Å²) in [5.74, 6) is -0.345. The van der Waals surface area contributed by atoms with Crippen LogP contribution in [-0.2, 0) is 14.5 Å². The summed E-state index contributed by atoms with van der Waals surface area (Å²) < 4.78 is 4.99. The van der Waals surface area contributed by atoms with Crippen LogP contribution in [0.4, 0.5) is 0 Å². The quantitative estimate of drug-likeness (QED) is 0.302. The van der Waals surface area contributed by atoms with Crippen LogP contribution in [0.25, 0.3) is 0 Å². The summed E-state index contributed by atoms with van der Waals surface area (Å²) in [6, 6.07) is 8.85. The molecule has 0 fully saturated rings. The zero-order valence-electron chi connectivity index (χ0n) is 10.1. The molecule has 0 amide bonds. The molecular weight excluding hydrogens is 220 g/mol. The Bertz CT molecular complexity index is 310. The van der Waals surface area contributed by atoms with E-state index in [0.29, 0.717) is 12.2 Å². The van der Waals surface area contributed by atoms with E-state index in [9.17, 15) is 4.79 Å². The number of rotatable bonds is 8. The Balaban J connectivity index is 2.05. The fourth-order valence-corrected chi connectivity index (χ4v) is 1.15. The van der Waals surface area contributed by atoms with Crippen molar-refractivity contribution in [1.82, 2.24) is 0 Å². The Kier molecular flexibility index (Phi) is 7.02. The lowest BCUT2D eigenvalue weighted by Crippen LogP contribution is -2.11. The van der Waals surface area contributed by atoms with Crippen molar-refractivity contribution in [2.45, 2.75) is 19.8 Å². The molecule has 1 aromatic rings. The Morgan fingerprint density at radius 2 is 1.76 bits per heavy atom. The van der Waals surface area contributed by atoms with Crippen LogP contribution < -0.4 is 0 Å². The van der Waals surface area contributed by atoms with E-state index in [4.69, 9.17) is 14.5 Å². The van der Waals surface area contributed by atoms with Crippen LogP contribution in [0.1, 0.15) is 30.1 Å². The molecule has 0 heterocycles. The van der Waals surface area contributed by atoms with Crippen molar-refractivity contribution in [3.63, 3.8) is 0 Å². The molecule has 0 unspecified atom stereocenters. The number of esters is 1. The van der Waals surface area contributed by atoms with Crippen molar-refractivity contribution < 1.29 is 19.3 Å². The maximum Gasteiger partial charge on any atom is 0.338 e. The third-order valence-electron chi connectivity index (χ3n) is 2.07. The summed E-state index contributed by atoms with van der Waals surface area (Å²) in [5, 5.41) is 0. The lowest BCUT2D eigenvalue weighted by Gasteiger charge is -2.05. The van der Waals surface area contributed by atoms with Crippen LogP contribution in [0.2, 0.25) is 0 Å². The fourth-order valence-electron chi connectivity index (χ4n) is 1.15. The topological polar surface area (TPSA) is 44.8 Å². The lowest BCUT2D eigenvalue weighted by molar-refractivity contribution is -0.297. The van der Waals surface area contributed by atoms with Crippen LogP contribution in [-0.4, -0.2) is 25.8 Å². The van der Waals surface area contributed by atoms with Crippen molar-refractivity contribution in [2.24, 2.45) is 0 Å². The van der Waals surface area contributed by atoms with Gasteiger partial charge in [-0.2, -0.15) is 0 Å². The molecule has 0 N–H and O–H groups in total.